The third-order valence-corrected chi connectivity index (χ3v) is 4.31. The number of thioether (sulfide) groups is 1. The van der Waals surface area contributed by atoms with Crippen LogP contribution in [0.2, 0.25) is 0 Å². The molecule has 1 rings (SSSR count). The Labute approximate surface area is 99.8 Å². The highest BCUT2D eigenvalue weighted by molar-refractivity contribution is 7.98. The first-order chi connectivity index (χ1) is 7.24. The summed E-state index contributed by atoms with van der Waals surface area (Å²) in [5.74, 6) is 3.14. The van der Waals surface area contributed by atoms with Crippen LogP contribution in [0.25, 0.3) is 0 Å². The smallest absolute Gasteiger partial charge is 0.00698 e. The minimum absolute atomic E-state index is 0.813. The van der Waals surface area contributed by atoms with E-state index < -0.39 is 0 Å². The average Bonchev–Trinajstić information content (AvgIpc) is 2.25. The Hall–Kier alpha value is 0.310. The van der Waals surface area contributed by atoms with Crippen LogP contribution in [-0.4, -0.2) is 24.6 Å². The molecule has 2 atom stereocenters. The quantitative estimate of drug-likeness (QED) is 0.699. The van der Waals surface area contributed by atoms with Crippen molar-refractivity contribution in [3.8, 4) is 0 Å². The van der Waals surface area contributed by atoms with Gasteiger partial charge >= 0.3 is 0 Å². The standard InChI is InChI=1S/C13H27NS/c1-11(2)12-6-4-7-13(10-12)14-8-5-9-15-3/h11-14H,4-10H2,1-3H3. The van der Waals surface area contributed by atoms with Gasteiger partial charge in [0.25, 0.3) is 0 Å². The number of nitrogens with one attached hydrogen (secondary N) is 1. The molecule has 0 heterocycles. The molecule has 2 unspecified atom stereocenters. The van der Waals surface area contributed by atoms with E-state index >= 15 is 0 Å². The summed E-state index contributed by atoms with van der Waals surface area (Å²) >= 11 is 1.95. The van der Waals surface area contributed by atoms with Crippen LogP contribution < -0.4 is 5.32 Å². The maximum absolute atomic E-state index is 3.73. The molecule has 1 aliphatic carbocycles. The Balaban J connectivity index is 2.13. The molecule has 90 valence electrons. The predicted octanol–water partition coefficient (Wildman–Crippen LogP) is 3.54. The maximum atomic E-state index is 3.73. The van der Waals surface area contributed by atoms with Gasteiger partial charge in [0, 0.05) is 6.04 Å². The van der Waals surface area contributed by atoms with E-state index in [4.69, 9.17) is 0 Å². The van der Waals surface area contributed by atoms with Crippen molar-refractivity contribution in [3.63, 3.8) is 0 Å². The van der Waals surface area contributed by atoms with Crippen molar-refractivity contribution in [1.82, 2.24) is 5.32 Å². The Bertz CT molecular complexity index is 159. The first-order valence-electron chi connectivity index (χ1n) is 6.46. The normalized spacial score (nSPS) is 27.2. The van der Waals surface area contributed by atoms with Crippen LogP contribution in [-0.2, 0) is 0 Å². The fraction of sp³-hybridized carbons (Fsp3) is 1.00. The molecule has 1 N–H and O–H groups in total. The van der Waals surface area contributed by atoms with E-state index in [1.165, 1.54) is 44.4 Å². The van der Waals surface area contributed by atoms with Gasteiger partial charge < -0.3 is 5.32 Å². The molecular weight excluding hydrogens is 202 g/mol. The third-order valence-electron chi connectivity index (χ3n) is 3.62. The van der Waals surface area contributed by atoms with Crippen LogP contribution in [0.4, 0.5) is 0 Å². The van der Waals surface area contributed by atoms with E-state index in [9.17, 15) is 0 Å². The molecule has 0 radical (unpaired) electrons. The lowest BCUT2D eigenvalue weighted by Crippen LogP contribution is -2.36. The van der Waals surface area contributed by atoms with Crippen molar-refractivity contribution >= 4 is 11.8 Å². The van der Waals surface area contributed by atoms with Crippen molar-refractivity contribution in [1.29, 1.82) is 0 Å². The second-order valence-corrected chi connectivity index (χ2v) is 6.15. The number of rotatable bonds is 6. The molecule has 1 fully saturated rings. The zero-order chi connectivity index (χ0) is 11.1. The largest absolute Gasteiger partial charge is 0.314 e. The van der Waals surface area contributed by atoms with Gasteiger partial charge in [0.2, 0.25) is 0 Å². The summed E-state index contributed by atoms with van der Waals surface area (Å²) < 4.78 is 0. The van der Waals surface area contributed by atoms with E-state index in [2.05, 4.69) is 25.4 Å². The van der Waals surface area contributed by atoms with E-state index in [0.29, 0.717) is 0 Å². The lowest BCUT2D eigenvalue weighted by molar-refractivity contribution is 0.232. The Morgan fingerprint density at radius 1 is 1.33 bits per heavy atom. The van der Waals surface area contributed by atoms with Crippen LogP contribution >= 0.6 is 11.8 Å². The molecule has 0 saturated heterocycles. The minimum Gasteiger partial charge on any atom is -0.314 e. The lowest BCUT2D eigenvalue weighted by atomic mass is 9.79. The number of hydrogen-bond acceptors (Lipinski definition) is 2. The maximum Gasteiger partial charge on any atom is 0.00698 e. The predicted molar refractivity (Wildman–Crippen MR) is 71.6 cm³/mol. The zero-order valence-electron chi connectivity index (χ0n) is 10.6. The van der Waals surface area contributed by atoms with Crippen molar-refractivity contribution in [2.24, 2.45) is 11.8 Å². The average molecular weight is 229 g/mol. The van der Waals surface area contributed by atoms with Gasteiger partial charge in [-0.05, 0) is 49.7 Å². The van der Waals surface area contributed by atoms with Crippen LogP contribution in [0.1, 0.15) is 46.0 Å². The topological polar surface area (TPSA) is 12.0 Å². The summed E-state index contributed by atoms with van der Waals surface area (Å²) in [6, 6.07) is 0.813. The fourth-order valence-electron chi connectivity index (χ4n) is 2.54. The molecule has 0 aromatic carbocycles. The summed E-state index contributed by atoms with van der Waals surface area (Å²) in [4.78, 5) is 0. The molecule has 1 aliphatic rings. The summed E-state index contributed by atoms with van der Waals surface area (Å²) in [6.07, 6.45) is 9.22. The summed E-state index contributed by atoms with van der Waals surface area (Å²) in [6.45, 7) is 5.97. The molecule has 1 nitrogen and oxygen atoms in total. The fourth-order valence-corrected chi connectivity index (χ4v) is 2.97. The molecule has 2 heteroatoms. The molecule has 0 aromatic rings. The van der Waals surface area contributed by atoms with Gasteiger partial charge in [-0.3, -0.25) is 0 Å². The Morgan fingerprint density at radius 2 is 2.13 bits per heavy atom. The van der Waals surface area contributed by atoms with Crippen LogP contribution in [0.5, 0.6) is 0 Å². The second-order valence-electron chi connectivity index (χ2n) is 5.17. The minimum atomic E-state index is 0.813. The molecule has 15 heavy (non-hydrogen) atoms. The van der Waals surface area contributed by atoms with Crippen molar-refractivity contribution < 1.29 is 0 Å². The number of hydrogen-bond donors (Lipinski definition) is 1. The van der Waals surface area contributed by atoms with Gasteiger partial charge in [-0.15, -0.1) is 0 Å². The molecule has 1 saturated carbocycles. The SMILES string of the molecule is CSCCCNC1CCCC(C(C)C)C1. The van der Waals surface area contributed by atoms with E-state index in [-0.39, 0.29) is 0 Å². The molecule has 0 spiro atoms. The van der Waals surface area contributed by atoms with Gasteiger partial charge in [0.15, 0.2) is 0 Å². The summed E-state index contributed by atoms with van der Waals surface area (Å²) in [5, 5.41) is 3.73. The lowest BCUT2D eigenvalue weighted by Gasteiger charge is -2.32. The molecular formula is C13H27NS. The molecule has 0 amide bonds. The molecule has 0 aromatic heterocycles. The summed E-state index contributed by atoms with van der Waals surface area (Å²) in [7, 11) is 0. The van der Waals surface area contributed by atoms with Crippen molar-refractivity contribution in [3.05, 3.63) is 0 Å². The summed E-state index contributed by atoms with van der Waals surface area (Å²) in [5.41, 5.74) is 0. The van der Waals surface area contributed by atoms with Gasteiger partial charge in [0.1, 0.15) is 0 Å². The third kappa shape index (κ3) is 5.26. The monoisotopic (exact) mass is 229 g/mol. The first kappa shape index (κ1) is 13.4. The van der Waals surface area contributed by atoms with Crippen molar-refractivity contribution in [2.45, 2.75) is 52.0 Å². The Morgan fingerprint density at radius 3 is 2.80 bits per heavy atom. The first-order valence-corrected chi connectivity index (χ1v) is 7.85. The van der Waals surface area contributed by atoms with Gasteiger partial charge in [0.05, 0.1) is 0 Å². The van der Waals surface area contributed by atoms with Gasteiger partial charge in [-0.1, -0.05) is 26.7 Å². The van der Waals surface area contributed by atoms with E-state index in [0.717, 1.165) is 17.9 Å². The highest BCUT2D eigenvalue weighted by Gasteiger charge is 2.23. The highest BCUT2D eigenvalue weighted by atomic mass is 32.2. The van der Waals surface area contributed by atoms with Gasteiger partial charge in [-0.25, -0.2) is 0 Å². The van der Waals surface area contributed by atoms with Crippen LogP contribution in [0, 0.1) is 11.8 Å². The molecule has 0 aliphatic heterocycles. The van der Waals surface area contributed by atoms with Crippen molar-refractivity contribution in [2.75, 3.05) is 18.6 Å². The van der Waals surface area contributed by atoms with Crippen LogP contribution in [0.15, 0.2) is 0 Å². The molecule has 0 bridgehead atoms. The second kappa shape index (κ2) is 7.56. The van der Waals surface area contributed by atoms with E-state index in [1.54, 1.807) is 0 Å². The van der Waals surface area contributed by atoms with E-state index in [1.807, 2.05) is 11.8 Å². The highest BCUT2D eigenvalue weighted by Crippen LogP contribution is 2.29. The van der Waals surface area contributed by atoms with Gasteiger partial charge in [-0.2, -0.15) is 11.8 Å². The van der Waals surface area contributed by atoms with Crippen LogP contribution in [0.3, 0.4) is 0 Å². The Kier molecular flexibility index (Phi) is 6.74. The zero-order valence-corrected chi connectivity index (χ0v) is 11.4.